The lowest BCUT2D eigenvalue weighted by molar-refractivity contribution is 0.0929. The maximum absolute atomic E-state index is 12.6. The average Bonchev–Trinajstić information content (AvgIpc) is 2.89. The number of aryl methyl sites for hydroxylation is 2. The summed E-state index contributed by atoms with van der Waals surface area (Å²) in [7, 11) is 0. The Balaban J connectivity index is 1.76. The molecule has 1 aromatic carbocycles. The molecule has 2 aromatic rings. The van der Waals surface area contributed by atoms with E-state index in [1.54, 1.807) is 11.3 Å². The minimum Gasteiger partial charge on any atom is -0.493 e. The standard InChI is InChI=1S/C18H21NO2S/c1-3-6-13-11-17(22-12(13)2)18(20)19-15-9-10-21-16-8-5-4-7-14(15)16/h4-5,7-8,11,15H,3,6,9-10H2,1-2H3,(H,19,20)/t15-/m0/s1. The number of carbonyl (C=O) groups is 1. The van der Waals surface area contributed by atoms with Gasteiger partial charge in [0.2, 0.25) is 0 Å². The van der Waals surface area contributed by atoms with Crippen molar-refractivity contribution in [2.24, 2.45) is 0 Å². The van der Waals surface area contributed by atoms with E-state index < -0.39 is 0 Å². The van der Waals surface area contributed by atoms with Gasteiger partial charge in [0.15, 0.2) is 0 Å². The smallest absolute Gasteiger partial charge is 0.261 e. The van der Waals surface area contributed by atoms with E-state index in [9.17, 15) is 4.79 Å². The predicted octanol–water partition coefficient (Wildman–Crippen LogP) is 4.26. The van der Waals surface area contributed by atoms with Gasteiger partial charge in [-0.05, 0) is 31.0 Å². The molecule has 0 radical (unpaired) electrons. The van der Waals surface area contributed by atoms with Gasteiger partial charge in [-0.25, -0.2) is 0 Å². The highest BCUT2D eigenvalue weighted by atomic mass is 32.1. The molecule has 2 heterocycles. The van der Waals surface area contributed by atoms with E-state index in [1.165, 1.54) is 10.4 Å². The highest BCUT2D eigenvalue weighted by Crippen LogP contribution is 2.32. The van der Waals surface area contributed by atoms with E-state index in [-0.39, 0.29) is 11.9 Å². The minimum atomic E-state index is 0.0251. The molecule has 1 atom stereocenters. The minimum absolute atomic E-state index is 0.0251. The molecule has 0 saturated heterocycles. The van der Waals surface area contributed by atoms with Crippen LogP contribution in [-0.4, -0.2) is 12.5 Å². The Hall–Kier alpha value is -1.81. The first kappa shape index (κ1) is 15.1. The van der Waals surface area contributed by atoms with Crippen molar-refractivity contribution in [2.75, 3.05) is 6.61 Å². The van der Waals surface area contributed by atoms with Crippen LogP contribution in [0.2, 0.25) is 0 Å². The number of thiophene rings is 1. The number of para-hydroxylation sites is 1. The predicted molar refractivity (Wildman–Crippen MR) is 89.8 cm³/mol. The molecule has 3 rings (SSSR count). The highest BCUT2D eigenvalue weighted by Gasteiger charge is 2.23. The lowest BCUT2D eigenvalue weighted by Crippen LogP contribution is -2.31. The highest BCUT2D eigenvalue weighted by molar-refractivity contribution is 7.14. The van der Waals surface area contributed by atoms with Crippen molar-refractivity contribution < 1.29 is 9.53 Å². The topological polar surface area (TPSA) is 38.3 Å². The molecule has 0 bridgehead atoms. The number of hydrogen-bond acceptors (Lipinski definition) is 3. The zero-order chi connectivity index (χ0) is 15.5. The lowest BCUT2D eigenvalue weighted by Gasteiger charge is -2.26. The molecule has 0 saturated carbocycles. The summed E-state index contributed by atoms with van der Waals surface area (Å²) in [6, 6.07) is 10.0. The molecule has 4 heteroatoms. The van der Waals surface area contributed by atoms with E-state index in [4.69, 9.17) is 4.74 Å². The molecular weight excluding hydrogens is 294 g/mol. The second kappa shape index (κ2) is 6.53. The molecule has 0 unspecified atom stereocenters. The van der Waals surface area contributed by atoms with Gasteiger partial charge in [-0.2, -0.15) is 0 Å². The van der Waals surface area contributed by atoms with Gasteiger partial charge in [-0.3, -0.25) is 4.79 Å². The lowest BCUT2D eigenvalue weighted by atomic mass is 10.0. The van der Waals surface area contributed by atoms with Gasteiger partial charge in [0, 0.05) is 16.9 Å². The molecule has 1 amide bonds. The van der Waals surface area contributed by atoms with Crippen LogP contribution in [-0.2, 0) is 6.42 Å². The molecule has 1 aromatic heterocycles. The van der Waals surface area contributed by atoms with Crippen LogP contribution < -0.4 is 10.1 Å². The Morgan fingerprint density at radius 1 is 1.41 bits per heavy atom. The fourth-order valence-corrected chi connectivity index (χ4v) is 3.85. The number of amides is 1. The van der Waals surface area contributed by atoms with Crippen LogP contribution >= 0.6 is 11.3 Å². The first-order valence-corrected chi connectivity index (χ1v) is 8.62. The molecule has 1 aliphatic rings. The van der Waals surface area contributed by atoms with Crippen LogP contribution in [0.1, 0.15) is 51.5 Å². The first-order valence-electron chi connectivity index (χ1n) is 7.81. The number of fused-ring (bicyclic) bond motifs is 1. The Morgan fingerprint density at radius 3 is 3.05 bits per heavy atom. The van der Waals surface area contributed by atoms with Gasteiger partial charge in [-0.1, -0.05) is 31.5 Å². The Kier molecular flexibility index (Phi) is 4.48. The van der Waals surface area contributed by atoms with Crippen LogP contribution in [0.3, 0.4) is 0 Å². The monoisotopic (exact) mass is 315 g/mol. The second-order valence-corrected chi connectivity index (χ2v) is 6.90. The second-order valence-electron chi connectivity index (χ2n) is 5.64. The van der Waals surface area contributed by atoms with Gasteiger partial charge in [0.05, 0.1) is 17.5 Å². The van der Waals surface area contributed by atoms with Crippen LogP contribution in [0.4, 0.5) is 0 Å². The van der Waals surface area contributed by atoms with Crippen molar-refractivity contribution >= 4 is 17.2 Å². The molecule has 3 nitrogen and oxygen atoms in total. The van der Waals surface area contributed by atoms with E-state index in [0.29, 0.717) is 6.61 Å². The van der Waals surface area contributed by atoms with Gasteiger partial charge >= 0.3 is 0 Å². The van der Waals surface area contributed by atoms with Crippen molar-refractivity contribution in [1.82, 2.24) is 5.32 Å². The molecule has 1 N–H and O–H groups in total. The maximum Gasteiger partial charge on any atom is 0.261 e. The summed E-state index contributed by atoms with van der Waals surface area (Å²) < 4.78 is 5.65. The number of rotatable bonds is 4. The third kappa shape index (κ3) is 3.02. The number of carbonyl (C=O) groups excluding carboxylic acids is 1. The van der Waals surface area contributed by atoms with E-state index >= 15 is 0 Å². The van der Waals surface area contributed by atoms with Crippen LogP contribution in [0.5, 0.6) is 5.75 Å². The molecule has 1 aliphatic heterocycles. The Morgan fingerprint density at radius 2 is 2.23 bits per heavy atom. The number of hydrogen-bond donors (Lipinski definition) is 1. The van der Waals surface area contributed by atoms with Crippen molar-refractivity contribution in [1.29, 1.82) is 0 Å². The molecule has 0 aliphatic carbocycles. The summed E-state index contributed by atoms with van der Waals surface area (Å²) in [5.41, 5.74) is 2.37. The molecule has 116 valence electrons. The van der Waals surface area contributed by atoms with E-state index in [2.05, 4.69) is 19.2 Å². The summed E-state index contributed by atoms with van der Waals surface area (Å²) in [4.78, 5) is 14.6. The molecule has 22 heavy (non-hydrogen) atoms. The quantitative estimate of drug-likeness (QED) is 0.915. The van der Waals surface area contributed by atoms with Crippen LogP contribution in [0.15, 0.2) is 30.3 Å². The zero-order valence-electron chi connectivity index (χ0n) is 13.0. The van der Waals surface area contributed by atoms with Gasteiger partial charge < -0.3 is 10.1 Å². The summed E-state index contributed by atoms with van der Waals surface area (Å²) in [6.45, 7) is 4.90. The van der Waals surface area contributed by atoms with Crippen molar-refractivity contribution in [3.05, 3.63) is 51.2 Å². The Labute approximate surface area is 135 Å². The van der Waals surface area contributed by atoms with Gasteiger partial charge in [-0.15, -0.1) is 11.3 Å². The van der Waals surface area contributed by atoms with Crippen molar-refractivity contribution in [3.8, 4) is 5.75 Å². The fourth-order valence-electron chi connectivity index (χ4n) is 2.87. The third-order valence-electron chi connectivity index (χ3n) is 4.03. The number of benzene rings is 1. The SMILES string of the molecule is CCCc1cc(C(=O)N[C@H]2CCOc3ccccc32)sc1C. The third-order valence-corrected chi connectivity index (χ3v) is 5.12. The fraction of sp³-hybridized carbons (Fsp3) is 0.389. The summed E-state index contributed by atoms with van der Waals surface area (Å²) in [5.74, 6) is 0.908. The largest absolute Gasteiger partial charge is 0.493 e. The van der Waals surface area contributed by atoms with E-state index in [1.807, 2.05) is 30.3 Å². The molecular formula is C18H21NO2S. The van der Waals surface area contributed by atoms with Crippen LogP contribution in [0, 0.1) is 6.92 Å². The van der Waals surface area contributed by atoms with E-state index in [0.717, 1.165) is 35.5 Å². The van der Waals surface area contributed by atoms with Gasteiger partial charge in [0.25, 0.3) is 5.91 Å². The normalized spacial score (nSPS) is 16.7. The van der Waals surface area contributed by atoms with Crippen molar-refractivity contribution in [2.45, 2.75) is 39.2 Å². The summed E-state index contributed by atoms with van der Waals surface area (Å²) in [5, 5.41) is 3.17. The molecule has 0 fully saturated rings. The number of nitrogens with one attached hydrogen (secondary N) is 1. The molecule has 0 spiro atoms. The van der Waals surface area contributed by atoms with Gasteiger partial charge in [0.1, 0.15) is 5.75 Å². The summed E-state index contributed by atoms with van der Waals surface area (Å²) in [6.07, 6.45) is 2.95. The maximum atomic E-state index is 12.6. The Bertz CT molecular complexity index is 677. The average molecular weight is 315 g/mol. The number of ether oxygens (including phenoxy) is 1. The summed E-state index contributed by atoms with van der Waals surface area (Å²) >= 11 is 1.59. The van der Waals surface area contributed by atoms with Crippen molar-refractivity contribution in [3.63, 3.8) is 0 Å². The van der Waals surface area contributed by atoms with Crippen LogP contribution in [0.25, 0.3) is 0 Å². The first-order chi connectivity index (χ1) is 10.7. The zero-order valence-corrected chi connectivity index (χ0v) is 13.8.